The molecule has 1 heteroatoms. The molecule has 0 atom stereocenters. The molecule has 0 aliphatic heterocycles. The molecule has 1 aliphatic rings. The minimum absolute atomic E-state index is 1.04. The fraction of sp³-hybridized carbons (Fsp3) is 0.700. The Morgan fingerprint density at radius 3 is 2.38 bits per heavy atom. The van der Waals surface area contributed by atoms with E-state index in [1.807, 2.05) is 0 Å². The molecule has 1 aliphatic carbocycles. The van der Waals surface area contributed by atoms with E-state index in [1.54, 1.807) is 0 Å². The summed E-state index contributed by atoms with van der Waals surface area (Å²) >= 11 is 0. The molecule has 0 bridgehead atoms. The fourth-order valence-corrected chi connectivity index (χ4v) is 3.66. The van der Waals surface area contributed by atoms with Gasteiger partial charge in [-0.15, -0.1) is 0 Å². The molecular weight excluding hydrogens is 254 g/mol. The maximum absolute atomic E-state index is 2.64. The van der Waals surface area contributed by atoms with Crippen LogP contribution in [0.1, 0.15) is 63.9 Å². The molecule has 2 rings (SSSR count). The van der Waals surface area contributed by atoms with Crippen molar-refractivity contribution < 1.29 is 0 Å². The Kier molecular flexibility index (Phi) is 7.88. The molecule has 0 radical (unpaired) electrons. The van der Waals surface area contributed by atoms with Crippen LogP contribution in [0.2, 0.25) is 0 Å². The highest BCUT2D eigenvalue weighted by atomic mass is 15.1. The zero-order valence-electron chi connectivity index (χ0n) is 13.9. The van der Waals surface area contributed by atoms with Crippen LogP contribution in [0, 0.1) is 5.92 Å². The van der Waals surface area contributed by atoms with E-state index in [1.165, 1.54) is 83.0 Å². The first kappa shape index (κ1) is 16.5. The maximum atomic E-state index is 2.64. The Hall–Kier alpha value is -0.820. The van der Waals surface area contributed by atoms with Crippen molar-refractivity contribution in [1.82, 2.24) is 4.90 Å². The minimum Gasteiger partial charge on any atom is -0.304 e. The quantitative estimate of drug-likeness (QED) is 0.595. The maximum Gasteiger partial charge on any atom is -0.00157 e. The van der Waals surface area contributed by atoms with E-state index in [-0.39, 0.29) is 0 Å². The highest BCUT2D eigenvalue weighted by Gasteiger charge is 2.13. The first-order valence-corrected chi connectivity index (χ1v) is 9.14. The summed E-state index contributed by atoms with van der Waals surface area (Å²) in [4.78, 5) is 2.64. The second kappa shape index (κ2) is 10.00. The van der Waals surface area contributed by atoms with Crippen molar-refractivity contribution in [2.24, 2.45) is 5.92 Å². The smallest absolute Gasteiger partial charge is 0.00157 e. The summed E-state index contributed by atoms with van der Waals surface area (Å²) in [5.41, 5.74) is 1.48. The summed E-state index contributed by atoms with van der Waals surface area (Å²) in [6.07, 6.45) is 12.8. The van der Waals surface area contributed by atoms with Crippen molar-refractivity contribution >= 4 is 0 Å². The van der Waals surface area contributed by atoms with Crippen LogP contribution in [0.5, 0.6) is 0 Å². The monoisotopic (exact) mass is 287 g/mol. The van der Waals surface area contributed by atoms with E-state index in [9.17, 15) is 0 Å². The van der Waals surface area contributed by atoms with Crippen molar-refractivity contribution in [2.45, 2.75) is 64.7 Å². The van der Waals surface area contributed by atoms with Gasteiger partial charge in [-0.3, -0.25) is 0 Å². The van der Waals surface area contributed by atoms with Gasteiger partial charge in [0.25, 0.3) is 0 Å². The summed E-state index contributed by atoms with van der Waals surface area (Å²) in [5.74, 6) is 1.04. The van der Waals surface area contributed by atoms with Gasteiger partial charge in [0, 0.05) is 0 Å². The van der Waals surface area contributed by atoms with Gasteiger partial charge < -0.3 is 4.90 Å². The molecule has 0 amide bonds. The average Bonchev–Trinajstić information content (AvgIpc) is 2.55. The molecule has 0 heterocycles. The molecular formula is C20H33N. The number of rotatable bonds is 9. The summed E-state index contributed by atoms with van der Waals surface area (Å²) < 4.78 is 0. The SMILES string of the molecule is CCN(CCCc1ccccc1)CCCC1CCCCC1. The number of hydrogen-bond donors (Lipinski definition) is 0. The van der Waals surface area contributed by atoms with Gasteiger partial charge in [0.2, 0.25) is 0 Å². The van der Waals surface area contributed by atoms with Crippen LogP contribution in [0.25, 0.3) is 0 Å². The van der Waals surface area contributed by atoms with Crippen LogP contribution in [-0.2, 0) is 6.42 Å². The van der Waals surface area contributed by atoms with Gasteiger partial charge in [-0.25, -0.2) is 0 Å². The third-order valence-electron chi connectivity index (χ3n) is 5.04. The molecule has 1 aromatic rings. The number of benzene rings is 1. The predicted molar refractivity (Wildman–Crippen MR) is 92.7 cm³/mol. The van der Waals surface area contributed by atoms with E-state index >= 15 is 0 Å². The van der Waals surface area contributed by atoms with Gasteiger partial charge in [-0.05, 0) is 56.8 Å². The second-order valence-electron chi connectivity index (χ2n) is 6.67. The third kappa shape index (κ3) is 6.65. The summed E-state index contributed by atoms with van der Waals surface area (Å²) in [6, 6.07) is 10.9. The molecule has 0 spiro atoms. The summed E-state index contributed by atoms with van der Waals surface area (Å²) in [5, 5.41) is 0. The lowest BCUT2D eigenvalue weighted by Gasteiger charge is -2.24. The van der Waals surface area contributed by atoms with E-state index < -0.39 is 0 Å². The van der Waals surface area contributed by atoms with E-state index in [0.717, 1.165) is 5.92 Å². The van der Waals surface area contributed by atoms with Gasteiger partial charge in [-0.1, -0.05) is 69.4 Å². The van der Waals surface area contributed by atoms with Gasteiger partial charge in [-0.2, -0.15) is 0 Å². The van der Waals surface area contributed by atoms with Gasteiger partial charge in [0.05, 0.1) is 0 Å². The standard InChI is InChI=1S/C20H33N/c1-2-21(17-9-15-19-11-5-3-6-12-19)18-10-16-20-13-7-4-8-14-20/h3,5-6,11-12,20H,2,4,7-10,13-18H2,1H3. The first-order valence-electron chi connectivity index (χ1n) is 9.14. The molecule has 1 fully saturated rings. The predicted octanol–water partition coefficient (Wildman–Crippen LogP) is 5.30. The molecule has 1 aromatic carbocycles. The zero-order chi connectivity index (χ0) is 14.8. The molecule has 0 aromatic heterocycles. The molecule has 1 saturated carbocycles. The Morgan fingerprint density at radius 2 is 1.67 bits per heavy atom. The number of aryl methyl sites for hydroxylation is 1. The van der Waals surface area contributed by atoms with E-state index in [4.69, 9.17) is 0 Å². The van der Waals surface area contributed by atoms with E-state index in [0.29, 0.717) is 0 Å². The Bertz CT molecular complexity index is 353. The first-order chi connectivity index (χ1) is 10.4. The fourth-order valence-electron chi connectivity index (χ4n) is 3.66. The molecule has 21 heavy (non-hydrogen) atoms. The zero-order valence-corrected chi connectivity index (χ0v) is 13.9. The van der Waals surface area contributed by atoms with Gasteiger partial charge in [0.1, 0.15) is 0 Å². The molecule has 0 saturated heterocycles. The van der Waals surface area contributed by atoms with Crippen LogP contribution in [0.15, 0.2) is 30.3 Å². The van der Waals surface area contributed by atoms with Crippen molar-refractivity contribution in [3.63, 3.8) is 0 Å². The minimum atomic E-state index is 1.04. The Labute approximate surface area is 131 Å². The normalized spacial score (nSPS) is 16.5. The van der Waals surface area contributed by atoms with Gasteiger partial charge in [0.15, 0.2) is 0 Å². The lowest BCUT2D eigenvalue weighted by molar-refractivity contribution is 0.256. The lowest BCUT2D eigenvalue weighted by Crippen LogP contribution is -2.26. The van der Waals surface area contributed by atoms with Gasteiger partial charge >= 0.3 is 0 Å². The number of hydrogen-bond acceptors (Lipinski definition) is 1. The largest absolute Gasteiger partial charge is 0.304 e. The van der Waals surface area contributed by atoms with E-state index in [2.05, 4.69) is 42.2 Å². The molecule has 0 unspecified atom stereocenters. The molecule has 0 N–H and O–H groups in total. The van der Waals surface area contributed by atoms with Crippen LogP contribution in [0.4, 0.5) is 0 Å². The van der Waals surface area contributed by atoms with Crippen molar-refractivity contribution in [3.8, 4) is 0 Å². The van der Waals surface area contributed by atoms with Crippen LogP contribution >= 0.6 is 0 Å². The van der Waals surface area contributed by atoms with Crippen LogP contribution in [0.3, 0.4) is 0 Å². The topological polar surface area (TPSA) is 3.24 Å². The van der Waals surface area contributed by atoms with Crippen molar-refractivity contribution in [3.05, 3.63) is 35.9 Å². The Balaban J connectivity index is 1.57. The van der Waals surface area contributed by atoms with Crippen molar-refractivity contribution in [2.75, 3.05) is 19.6 Å². The lowest BCUT2D eigenvalue weighted by atomic mass is 9.86. The third-order valence-corrected chi connectivity index (χ3v) is 5.04. The molecule has 118 valence electrons. The number of nitrogens with zero attached hydrogens (tertiary/aromatic N) is 1. The Morgan fingerprint density at radius 1 is 0.952 bits per heavy atom. The highest BCUT2D eigenvalue weighted by molar-refractivity contribution is 5.14. The molecule has 1 nitrogen and oxygen atoms in total. The van der Waals surface area contributed by atoms with Crippen LogP contribution < -0.4 is 0 Å². The average molecular weight is 287 g/mol. The summed E-state index contributed by atoms with van der Waals surface area (Å²) in [7, 11) is 0. The highest BCUT2D eigenvalue weighted by Crippen LogP contribution is 2.27. The van der Waals surface area contributed by atoms with Crippen LogP contribution in [-0.4, -0.2) is 24.5 Å². The summed E-state index contributed by atoms with van der Waals surface area (Å²) in [6.45, 7) is 6.08. The second-order valence-corrected chi connectivity index (χ2v) is 6.67. The van der Waals surface area contributed by atoms with Crippen molar-refractivity contribution in [1.29, 1.82) is 0 Å².